The maximum Gasteiger partial charge on any atom is 0.343 e. The summed E-state index contributed by atoms with van der Waals surface area (Å²) >= 11 is 0. The van der Waals surface area contributed by atoms with Crippen molar-refractivity contribution >= 4 is 15.2 Å². The summed E-state index contributed by atoms with van der Waals surface area (Å²) in [6.45, 7) is 0.283. The molecule has 1 saturated carbocycles. The zero-order valence-electron chi connectivity index (χ0n) is 10.3. The second-order valence-corrected chi connectivity index (χ2v) is 9.59. The van der Waals surface area contributed by atoms with Gasteiger partial charge in [0.25, 0.3) is 0 Å². The van der Waals surface area contributed by atoms with Crippen molar-refractivity contribution in [1.29, 1.82) is 0 Å². The molecule has 0 aromatic carbocycles. The molecule has 0 bridgehead atoms. The zero-order valence-corrected chi connectivity index (χ0v) is 12.1. The van der Waals surface area contributed by atoms with Crippen LogP contribution in [0, 0.1) is 16.0 Å². The average Bonchev–Trinajstić information content (AvgIpc) is 2.67. The van der Waals surface area contributed by atoms with Gasteiger partial charge in [0.1, 0.15) is 0 Å². The van der Waals surface area contributed by atoms with E-state index in [4.69, 9.17) is 0 Å². The van der Waals surface area contributed by atoms with Crippen LogP contribution in [0.15, 0.2) is 0 Å². The van der Waals surface area contributed by atoms with Crippen molar-refractivity contribution in [2.45, 2.75) is 36.2 Å². The fraction of sp³-hybridized carbons (Fsp3) is 1.00. The highest BCUT2D eigenvalue weighted by molar-refractivity contribution is 7.72. The number of piperidine rings is 1. The van der Waals surface area contributed by atoms with Crippen molar-refractivity contribution in [3.63, 3.8) is 0 Å². The molecule has 5 N–H and O–H groups in total. The molecule has 0 spiro atoms. The third kappa shape index (κ3) is 2.35. The first kappa shape index (κ1) is 16.0. The van der Waals surface area contributed by atoms with Gasteiger partial charge in [0, 0.05) is 29.8 Å². The molecule has 0 amide bonds. The van der Waals surface area contributed by atoms with E-state index in [1.165, 1.54) is 0 Å². The summed E-state index contributed by atoms with van der Waals surface area (Å²) in [6, 6.07) is -1.71. The van der Waals surface area contributed by atoms with E-state index in [9.17, 15) is 38.8 Å². The molecule has 116 valence electrons. The predicted octanol–water partition coefficient (Wildman–Crippen LogP) is -0.545. The Balaban J connectivity index is 2.43. The quantitative estimate of drug-likeness (QED) is 0.259. The first-order chi connectivity index (χ1) is 8.99. The fourth-order valence-electron chi connectivity index (χ4n) is 3.27. The predicted molar refractivity (Wildman–Crippen MR) is 66.7 cm³/mol. The first-order valence-electron chi connectivity index (χ1n) is 5.98. The topological polar surface area (TPSA) is 170 Å². The smallest absolute Gasteiger partial charge is 0.324 e. The van der Waals surface area contributed by atoms with Crippen molar-refractivity contribution in [2.75, 3.05) is 6.54 Å². The lowest BCUT2D eigenvalue weighted by Crippen LogP contribution is -2.48. The van der Waals surface area contributed by atoms with Crippen molar-refractivity contribution in [2.24, 2.45) is 5.92 Å². The highest BCUT2D eigenvalue weighted by Crippen LogP contribution is 2.76. The summed E-state index contributed by atoms with van der Waals surface area (Å²) in [6.07, 6.45) is -0.839. The van der Waals surface area contributed by atoms with E-state index in [2.05, 4.69) is 5.32 Å². The Kier molecular flexibility index (Phi) is 3.88. The van der Waals surface area contributed by atoms with Gasteiger partial charge < -0.3 is 24.9 Å². The summed E-state index contributed by atoms with van der Waals surface area (Å²) in [4.78, 5) is 45.5. The molecule has 12 heteroatoms. The molecule has 3 atom stereocenters. The van der Waals surface area contributed by atoms with E-state index >= 15 is 0 Å². The van der Waals surface area contributed by atoms with Crippen molar-refractivity contribution < 1.29 is 33.6 Å². The van der Waals surface area contributed by atoms with Gasteiger partial charge in [-0.05, 0) is 12.8 Å². The summed E-state index contributed by atoms with van der Waals surface area (Å²) in [5.74, 6) is -0.793. The third-order valence-corrected chi connectivity index (χ3v) is 8.78. The minimum atomic E-state index is -5.12. The minimum absolute atomic E-state index is 0.173. The first-order valence-corrected chi connectivity index (χ1v) is 9.20. The monoisotopic (exact) mass is 330 g/mol. The van der Waals surface area contributed by atoms with E-state index in [1.807, 2.05) is 0 Å². The molecule has 0 radical (unpaired) electrons. The van der Waals surface area contributed by atoms with E-state index in [-0.39, 0.29) is 13.0 Å². The Morgan fingerprint density at radius 3 is 2.15 bits per heavy atom. The molecule has 0 aromatic heterocycles. The summed E-state index contributed by atoms with van der Waals surface area (Å²) in [7, 11) is -10.2. The van der Waals surface area contributed by atoms with Gasteiger partial charge in [-0.1, -0.05) is 0 Å². The van der Waals surface area contributed by atoms with Crippen molar-refractivity contribution in [1.82, 2.24) is 5.32 Å². The number of nitrogens with zero attached hydrogens (tertiary/aromatic N) is 1. The van der Waals surface area contributed by atoms with Gasteiger partial charge in [-0.15, -0.1) is 0 Å². The van der Waals surface area contributed by atoms with Crippen LogP contribution in [-0.2, 0) is 9.13 Å². The van der Waals surface area contributed by atoms with E-state index in [0.717, 1.165) is 0 Å². The molecule has 10 nitrogen and oxygen atoms in total. The van der Waals surface area contributed by atoms with Crippen LogP contribution in [0.3, 0.4) is 0 Å². The number of nitrogens with one attached hydrogen (secondary N) is 1. The zero-order chi connectivity index (χ0) is 15.3. The lowest BCUT2D eigenvalue weighted by molar-refractivity contribution is -0.535. The largest absolute Gasteiger partial charge is 0.343 e. The maximum atomic E-state index is 11.6. The molecule has 0 aromatic rings. The SMILES string of the molecule is O=[N+]([O-])C1CCNC2CC(P(=O)(O)O)(P(=O)(O)O)CC21. The fourth-order valence-corrected chi connectivity index (χ4v) is 6.40. The van der Waals surface area contributed by atoms with Crippen LogP contribution in [-0.4, -0.2) is 48.0 Å². The van der Waals surface area contributed by atoms with Crippen LogP contribution in [0.25, 0.3) is 0 Å². The number of rotatable bonds is 3. The number of nitro groups is 1. The number of hydrogen-bond acceptors (Lipinski definition) is 5. The lowest BCUT2D eigenvalue weighted by Gasteiger charge is -2.30. The number of hydrogen-bond donors (Lipinski definition) is 5. The summed E-state index contributed by atoms with van der Waals surface area (Å²) in [5.41, 5.74) is 0. The van der Waals surface area contributed by atoms with Gasteiger partial charge in [-0.2, -0.15) is 0 Å². The molecular formula is C8H16N2O8P2. The van der Waals surface area contributed by atoms with E-state index < -0.39 is 55.9 Å². The average molecular weight is 330 g/mol. The van der Waals surface area contributed by atoms with Crippen LogP contribution in [0.4, 0.5) is 0 Å². The second kappa shape index (κ2) is 4.84. The van der Waals surface area contributed by atoms with Gasteiger partial charge in [-0.3, -0.25) is 19.2 Å². The van der Waals surface area contributed by atoms with Gasteiger partial charge in [0.2, 0.25) is 6.04 Å². The molecule has 2 fully saturated rings. The van der Waals surface area contributed by atoms with Crippen LogP contribution in [0.5, 0.6) is 0 Å². The standard InChI is InChI=1S/C8H16N2O8P2/c11-10(12)7-1-2-9-6-4-8(3-5(6)7,19(13,14)15)20(16,17)18/h5-7,9H,1-4H2,(H2,13,14,15)(H2,16,17,18). The molecule has 1 heterocycles. The highest BCUT2D eigenvalue weighted by Gasteiger charge is 2.68. The Bertz CT molecular complexity index is 491. The molecule has 20 heavy (non-hydrogen) atoms. The second-order valence-electron chi connectivity index (χ2n) is 5.34. The van der Waals surface area contributed by atoms with Crippen molar-refractivity contribution in [3.8, 4) is 0 Å². The van der Waals surface area contributed by atoms with Gasteiger partial charge in [0.05, 0.1) is 0 Å². The summed E-state index contributed by atoms with van der Waals surface area (Å²) < 4.78 is 23.3. The Morgan fingerprint density at radius 2 is 1.70 bits per heavy atom. The van der Waals surface area contributed by atoms with Crippen LogP contribution in [0.2, 0.25) is 0 Å². The van der Waals surface area contributed by atoms with Crippen molar-refractivity contribution in [3.05, 3.63) is 10.1 Å². The Labute approximate surface area is 114 Å². The number of fused-ring (bicyclic) bond motifs is 1. The molecule has 2 aliphatic rings. The molecule has 2 rings (SSSR count). The van der Waals surface area contributed by atoms with Crippen LogP contribution in [0.1, 0.15) is 19.3 Å². The van der Waals surface area contributed by atoms with Gasteiger partial charge in [-0.25, -0.2) is 0 Å². The molecule has 3 unspecified atom stereocenters. The van der Waals surface area contributed by atoms with Gasteiger partial charge >= 0.3 is 15.2 Å². The molecule has 1 aliphatic heterocycles. The summed E-state index contributed by atoms with van der Waals surface area (Å²) in [5, 5.41) is 13.9. The maximum absolute atomic E-state index is 11.6. The van der Waals surface area contributed by atoms with Crippen LogP contribution >= 0.6 is 15.2 Å². The highest BCUT2D eigenvalue weighted by atomic mass is 31.2. The Hall–Kier alpha value is -0.340. The third-order valence-electron chi connectivity index (χ3n) is 4.32. The van der Waals surface area contributed by atoms with E-state index in [0.29, 0.717) is 0 Å². The molecule has 1 aliphatic carbocycles. The van der Waals surface area contributed by atoms with Crippen LogP contribution < -0.4 is 5.32 Å². The van der Waals surface area contributed by atoms with Gasteiger partial charge in [0.15, 0.2) is 4.90 Å². The molecule has 1 saturated heterocycles. The molecular weight excluding hydrogens is 314 g/mol. The minimum Gasteiger partial charge on any atom is -0.324 e. The lowest BCUT2D eigenvalue weighted by atomic mass is 9.89. The normalized spacial score (nSPS) is 33.7. The Morgan fingerprint density at radius 1 is 1.15 bits per heavy atom. The van der Waals surface area contributed by atoms with E-state index in [1.54, 1.807) is 0 Å².